The molecule has 0 saturated heterocycles. The van der Waals surface area contributed by atoms with Gasteiger partial charge in [-0.1, -0.05) is 362 Å². The third-order valence-corrected chi connectivity index (χ3v) is 25.9. The summed E-state index contributed by atoms with van der Waals surface area (Å²) in [7, 11) is 0. The third-order valence-electron chi connectivity index (χ3n) is 25.9. The first-order valence-corrected chi connectivity index (χ1v) is 48.9. The van der Waals surface area contributed by atoms with Crippen molar-refractivity contribution in [3.05, 3.63) is 304 Å². The van der Waals surface area contributed by atoms with Gasteiger partial charge in [-0.15, -0.1) is 0 Å². The van der Waals surface area contributed by atoms with Crippen LogP contribution in [-0.2, 0) is 66.3 Å². The van der Waals surface area contributed by atoms with Crippen LogP contribution >= 0.6 is 0 Å². The number of anilines is 6. The van der Waals surface area contributed by atoms with Gasteiger partial charge in [-0.2, -0.15) is 0 Å². The highest BCUT2D eigenvalue weighted by Crippen LogP contribution is 2.55. The number of nitrogens with zero attached hydrogens (tertiary/aromatic N) is 4. The largest absolute Gasteiger partial charge is 0.311 e. The Morgan fingerprint density at radius 2 is 0.507 bits per heavy atom. The van der Waals surface area contributed by atoms with E-state index in [9.17, 15) is 16.4 Å². The van der Waals surface area contributed by atoms with E-state index in [0.29, 0.717) is 95.7 Å². The van der Waals surface area contributed by atoms with Gasteiger partial charge in [0.1, 0.15) is 0 Å². The minimum Gasteiger partial charge on any atom is -0.311 e. The Balaban J connectivity index is 1.13. The molecule has 0 atom stereocenters. The summed E-state index contributed by atoms with van der Waals surface area (Å²) in [4.78, 5) is 4.88. The van der Waals surface area contributed by atoms with E-state index >= 15 is 0 Å². The Hall–Kier alpha value is -10.9. The Morgan fingerprint density at radius 1 is 0.231 bits per heavy atom. The van der Waals surface area contributed by atoms with Crippen LogP contribution in [0.3, 0.4) is 0 Å². The minimum atomic E-state index is -2.12. The Kier molecular flexibility index (Phi) is 20.1. The van der Waals surface area contributed by atoms with E-state index in [4.69, 9.17) is 0 Å². The molecule has 134 heavy (non-hydrogen) atoms. The molecule has 4 nitrogen and oxygen atoms in total. The molecule has 0 spiro atoms. The molecule has 0 saturated carbocycles. The van der Waals surface area contributed by atoms with Crippen molar-refractivity contribution < 1.29 is 16.4 Å². The Labute approximate surface area is 823 Å². The van der Waals surface area contributed by atoms with E-state index in [2.05, 4.69) is 256 Å². The van der Waals surface area contributed by atoms with Gasteiger partial charge in [0, 0.05) is 83.2 Å². The van der Waals surface area contributed by atoms with Crippen LogP contribution in [0.5, 0.6) is 0 Å². The lowest BCUT2D eigenvalue weighted by Crippen LogP contribution is -2.61. The zero-order valence-electron chi connectivity index (χ0n) is 98.7. The van der Waals surface area contributed by atoms with E-state index in [1.54, 1.807) is 0 Å². The van der Waals surface area contributed by atoms with Crippen LogP contribution < -0.4 is 26.2 Å². The molecule has 692 valence electrons. The zero-order valence-corrected chi connectivity index (χ0v) is 86.7. The lowest BCUT2D eigenvalue weighted by Gasteiger charge is -2.46. The maximum Gasteiger partial charge on any atom is 0.252 e. The molecule has 4 heterocycles. The maximum atomic E-state index is 10.9. The molecule has 0 radical (unpaired) electrons. The quantitative estimate of drug-likeness (QED) is 0.0951. The molecule has 0 bridgehead atoms. The van der Waals surface area contributed by atoms with Crippen LogP contribution in [-0.4, -0.2) is 15.8 Å². The van der Waals surface area contributed by atoms with E-state index in [1.807, 2.05) is 234 Å². The van der Waals surface area contributed by atoms with Gasteiger partial charge in [-0.05, 0) is 324 Å². The van der Waals surface area contributed by atoms with Crippen LogP contribution in [0.2, 0.25) is 0 Å². The summed E-state index contributed by atoms with van der Waals surface area (Å²) in [6.07, 6.45) is -11.3. The summed E-state index contributed by atoms with van der Waals surface area (Å²) in [6, 6.07) is 86.1. The first kappa shape index (κ1) is 80.4. The predicted octanol–water partition coefficient (Wildman–Crippen LogP) is 34.9. The van der Waals surface area contributed by atoms with E-state index in [1.165, 1.54) is 22.3 Å². The number of hydrogen-bond acceptors (Lipinski definition) is 2. The summed E-state index contributed by atoms with van der Waals surface area (Å²) >= 11 is 0. The fourth-order valence-corrected chi connectivity index (χ4v) is 20.3. The van der Waals surface area contributed by atoms with Gasteiger partial charge >= 0.3 is 0 Å². The normalized spacial score (nSPS) is 15.8. The Morgan fingerprint density at radius 3 is 0.769 bits per heavy atom. The SMILES string of the molecule is [2H]C([2H])(c1cccc(-c2cc(C([2H])([2H])C(C)(C)C)c(-c3cccc(C([2H])([2H])C(C)(C)C)c3)cc2N2c3cc(-n4c5ccc(C(C)(C)C)cc5c5cc(C(C)(C)C)ccc54)ccc3B3c4ccc(-n5c6ccc(C(C)(C)C)cc6c6cc(C(C)(C)C)ccc65)cc4N(c4cc(-c5cccc(C([2H])([2H])C(C)(C)C)c5)c(C([2H])([2H])C(C)(C)C)cc4-c4cccc(C([2H])([2H])C(C)(C)C)c4)c4cc(CC(C)(C)C)cc2c43)c1)C(C)(C)C. The highest BCUT2D eigenvalue weighted by molar-refractivity contribution is 7.00. The molecule has 13 aromatic carbocycles. The molecule has 2 aliphatic rings. The van der Waals surface area contributed by atoms with Gasteiger partial charge in [0.15, 0.2) is 0 Å². The highest BCUT2D eigenvalue weighted by Gasteiger charge is 2.46. The first-order chi connectivity index (χ1) is 66.9. The molecule has 17 rings (SSSR count). The summed E-state index contributed by atoms with van der Waals surface area (Å²) in [5.41, 5.74) is 19.3. The van der Waals surface area contributed by atoms with Gasteiger partial charge in [0.05, 0.1) is 33.4 Å². The second-order valence-corrected chi connectivity index (χ2v) is 50.4. The second-order valence-electron chi connectivity index (χ2n) is 50.4. The molecule has 0 fully saturated rings. The van der Waals surface area contributed by atoms with Crippen LogP contribution in [0.15, 0.2) is 243 Å². The molecule has 2 aromatic heterocycles. The molecule has 0 N–H and O–H groups in total. The lowest BCUT2D eigenvalue weighted by atomic mass is 9.33. The van der Waals surface area contributed by atoms with E-state index in [0.717, 1.165) is 99.7 Å². The lowest BCUT2D eigenvalue weighted by molar-refractivity contribution is 0.410. The molecular formula is C129H153BN4. The van der Waals surface area contributed by atoms with Crippen molar-refractivity contribution >= 4 is 101 Å². The van der Waals surface area contributed by atoms with Gasteiger partial charge in [0.25, 0.3) is 6.71 Å². The predicted molar refractivity (Wildman–Crippen MR) is 588 cm³/mol. The van der Waals surface area contributed by atoms with Crippen molar-refractivity contribution in [1.82, 2.24) is 9.13 Å². The zero-order chi connectivity index (χ0) is 107. The van der Waals surface area contributed by atoms with Gasteiger partial charge in [-0.3, -0.25) is 0 Å². The maximum absolute atomic E-state index is 10.9. The van der Waals surface area contributed by atoms with Crippen LogP contribution in [0, 0.1) is 37.9 Å². The summed E-state index contributed by atoms with van der Waals surface area (Å²) in [5, 5.41) is 4.47. The summed E-state index contributed by atoms with van der Waals surface area (Å²) < 4.78 is 130. The fraction of sp³-hybridized carbons (Fsp3) is 0.395. The smallest absolute Gasteiger partial charge is 0.252 e. The highest BCUT2D eigenvalue weighted by atomic mass is 15.2. The molecule has 5 heteroatoms. The summed E-state index contributed by atoms with van der Waals surface area (Å²) in [5.74, 6) is 0. The van der Waals surface area contributed by atoms with Crippen molar-refractivity contribution in [2.75, 3.05) is 9.80 Å². The van der Waals surface area contributed by atoms with Gasteiger partial charge < -0.3 is 18.9 Å². The fourth-order valence-electron chi connectivity index (χ4n) is 20.3. The van der Waals surface area contributed by atoms with Gasteiger partial charge in [0.2, 0.25) is 0 Å². The van der Waals surface area contributed by atoms with Crippen molar-refractivity contribution in [2.24, 2.45) is 37.9 Å². The number of rotatable bonds is 15. The van der Waals surface area contributed by atoms with Crippen molar-refractivity contribution in [3.63, 3.8) is 0 Å². The monoisotopic (exact) mass is 1780 g/mol. The second kappa shape index (κ2) is 33.5. The minimum absolute atomic E-state index is 0.203. The van der Waals surface area contributed by atoms with Crippen molar-refractivity contribution in [1.29, 1.82) is 0 Å². The molecule has 2 aliphatic heterocycles. The van der Waals surface area contributed by atoms with Crippen LogP contribution in [0.25, 0.3) is 99.5 Å². The average molecular weight is 1780 g/mol. The molecule has 0 aliphatic carbocycles. The summed E-state index contributed by atoms with van der Waals surface area (Å²) in [6.45, 7) is 68.1. The van der Waals surface area contributed by atoms with E-state index < -0.39 is 82.9 Å². The number of aromatic nitrogens is 2. The molecule has 15 aromatic rings. The van der Waals surface area contributed by atoms with Crippen molar-refractivity contribution in [3.8, 4) is 55.9 Å². The van der Waals surface area contributed by atoms with Crippen molar-refractivity contribution in [2.45, 2.75) is 295 Å². The third kappa shape index (κ3) is 19.7. The standard InChI is InChI=1S/C129H153BN4/c1-119(2,3)74-81-38-34-42-86(58-81)98-72-112(100(64-90(98)79-124(16,17)18)88-44-36-40-83(60-88)76-121(7,8)9)133-114-70-96(131-108-54-46-92(126(22,23)24)66-102(108)103-67-93(127(25,26)27)47-55-109(103)131)50-52-106(114)130-107-53-51-97(132-110-56-48-94(128(28,29)30)68-104(110)105-69-95(129(31,32)33)49-57-111(105)132)71-115(107)134(117-63-85(78-123(13,14)15)62-116(133)118(117)130)113-73-99(87-43-35-39-82(59-87)75-120(4,5)6)91(80-125(19,20)21)65-101(113)89-45-37-41-84(61-89)77-122(10,11)12/h34-73H,74-80H2,1-33H3/i74D2,75D2,76D2,77D2,79D2,80D2. The molecule has 0 amide bonds. The Bertz CT molecular complexity index is 7160. The molecule has 0 unspecified atom stereocenters. The van der Waals surface area contributed by atoms with Crippen LogP contribution in [0.1, 0.15) is 306 Å². The first-order valence-electron chi connectivity index (χ1n) is 54.9. The van der Waals surface area contributed by atoms with Gasteiger partial charge in [-0.25, -0.2) is 0 Å². The van der Waals surface area contributed by atoms with Crippen LogP contribution in [0.4, 0.5) is 34.1 Å². The average Bonchev–Trinajstić information content (AvgIpc) is 0.809. The number of hydrogen-bond donors (Lipinski definition) is 0. The topological polar surface area (TPSA) is 16.3 Å². The number of fused-ring (bicyclic) bond motifs is 10. The van der Waals surface area contributed by atoms with E-state index in [-0.39, 0.29) is 21.7 Å². The number of benzene rings is 13. The molecular weight excluding hydrogens is 1620 g/mol.